The van der Waals surface area contributed by atoms with Crippen LogP contribution in [0, 0.1) is 0 Å². The van der Waals surface area contributed by atoms with Crippen LogP contribution in [0.3, 0.4) is 0 Å². The first kappa shape index (κ1) is 13.3. The van der Waals surface area contributed by atoms with Crippen molar-refractivity contribution in [2.45, 2.75) is 25.4 Å². The van der Waals surface area contributed by atoms with Gasteiger partial charge in [0.1, 0.15) is 0 Å². The van der Waals surface area contributed by atoms with Crippen molar-refractivity contribution < 1.29 is 9.53 Å². The second kappa shape index (κ2) is 5.14. The van der Waals surface area contributed by atoms with Crippen molar-refractivity contribution in [2.75, 3.05) is 23.8 Å². The van der Waals surface area contributed by atoms with Crippen molar-refractivity contribution in [1.29, 1.82) is 0 Å². The molecule has 0 aliphatic carbocycles. The topological polar surface area (TPSA) is 68.2 Å². The van der Waals surface area contributed by atoms with Gasteiger partial charge in [-0.05, 0) is 13.0 Å². The summed E-state index contributed by atoms with van der Waals surface area (Å²) < 4.78 is 7.17. The zero-order valence-electron chi connectivity index (χ0n) is 12.4. The largest absolute Gasteiger partial charge is 0.380 e. The minimum atomic E-state index is 0.0400. The molecule has 1 saturated heterocycles. The van der Waals surface area contributed by atoms with E-state index in [4.69, 9.17) is 4.74 Å². The number of rotatable bonds is 2. The molecule has 1 fully saturated rings. The maximum atomic E-state index is 11.9. The highest BCUT2D eigenvalue weighted by atomic mass is 16.5. The first-order valence-corrected chi connectivity index (χ1v) is 7.52. The second-order valence-electron chi connectivity index (χ2n) is 5.93. The predicted octanol–water partition coefficient (Wildman–Crippen LogP) is 2.26. The average molecular weight is 298 g/mol. The normalized spacial score (nSPS) is 21.3. The molecule has 4 rings (SSSR count). The molecule has 0 unspecified atom stereocenters. The smallest absolute Gasteiger partial charge is 0.226 e. The van der Waals surface area contributed by atoms with Crippen molar-refractivity contribution >= 4 is 17.3 Å². The minimum Gasteiger partial charge on any atom is -0.380 e. The third-order valence-electron chi connectivity index (χ3n) is 4.13. The molecule has 22 heavy (non-hydrogen) atoms. The SMILES string of the molecule is C[C@@H]1CC(=O)Nc2cccc(-c3cnn(C4COC4)c3)c2N1. The van der Waals surface area contributed by atoms with Crippen LogP contribution in [0.5, 0.6) is 0 Å². The van der Waals surface area contributed by atoms with E-state index >= 15 is 0 Å². The maximum absolute atomic E-state index is 11.9. The Balaban J connectivity index is 1.74. The molecule has 0 bridgehead atoms. The lowest BCUT2D eigenvalue weighted by Gasteiger charge is -2.25. The third-order valence-corrected chi connectivity index (χ3v) is 4.13. The van der Waals surface area contributed by atoms with Crippen molar-refractivity contribution in [1.82, 2.24) is 9.78 Å². The lowest BCUT2D eigenvalue weighted by atomic mass is 10.1. The Kier molecular flexibility index (Phi) is 3.11. The first-order valence-electron chi connectivity index (χ1n) is 7.52. The zero-order valence-corrected chi connectivity index (χ0v) is 12.4. The Morgan fingerprint density at radius 2 is 2.23 bits per heavy atom. The van der Waals surface area contributed by atoms with Gasteiger partial charge in [0.15, 0.2) is 0 Å². The Hall–Kier alpha value is -2.34. The summed E-state index contributed by atoms with van der Waals surface area (Å²) in [6, 6.07) is 6.36. The number of nitrogens with one attached hydrogen (secondary N) is 2. The molecule has 1 atom stereocenters. The van der Waals surface area contributed by atoms with E-state index in [9.17, 15) is 4.79 Å². The Labute approximate surface area is 128 Å². The monoisotopic (exact) mass is 298 g/mol. The molecule has 0 spiro atoms. The highest BCUT2D eigenvalue weighted by Crippen LogP contribution is 2.36. The van der Waals surface area contributed by atoms with Crippen LogP contribution in [0.1, 0.15) is 19.4 Å². The van der Waals surface area contributed by atoms with Crippen molar-refractivity contribution in [3.63, 3.8) is 0 Å². The van der Waals surface area contributed by atoms with E-state index in [1.54, 1.807) is 0 Å². The molecule has 2 aromatic rings. The van der Waals surface area contributed by atoms with Crippen LogP contribution >= 0.6 is 0 Å². The van der Waals surface area contributed by atoms with Crippen LogP contribution < -0.4 is 10.6 Å². The molecule has 1 amide bonds. The average Bonchev–Trinajstić information content (AvgIpc) is 2.81. The van der Waals surface area contributed by atoms with Crippen molar-refractivity contribution in [2.24, 2.45) is 0 Å². The standard InChI is InChI=1S/C16H18N4O2/c1-10-5-15(21)19-14-4-2-3-13(16(14)18-10)11-6-17-20(7-11)12-8-22-9-12/h2-4,6-7,10,12,18H,5,8-9H2,1H3,(H,19,21)/t10-/m1/s1. The predicted molar refractivity (Wildman–Crippen MR) is 83.9 cm³/mol. The van der Waals surface area contributed by atoms with E-state index in [1.165, 1.54) is 0 Å². The number of anilines is 2. The van der Waals surface area contributed by atoms with E-state index in [0.717, 1.165) is 35.7 Å². The van der Waals surface area contributed by atoms with Gasteiger partial charge in [0.2, 0.25) is 5.91 Å². The number of hydrogen-bond acceptors (Lipinski definition) is 4. The summed E-state index contributed by atoms with van der Waals surface area (Å²) in [5.74, 6) is 0.0400. The summed E-state index contributed by atoms with van der Waals surface area (Å²) in [7, 11) is 0. The van der Waals surface area contributed by atoms with Gasteiger partial charge in [-0.1, -0.05) is 12.1 Å². The van der Waals surface area contributed by atoms with Crippen molar-refractivity contribution in [3.8, 4) is 11.1 Å². The van der Waals surface area contributed by atoms with E-state index in [1.807, 2.05) is 36.1 Å². The number of nitrogens with zero attached hydrogens (tertiary/aromatic N) is 2. The van der Waals surface area contributed by atoms with Gasteiger partial charge in [-0.25, -0.2) is 0 Å². The fraction of sp³-hybridized carbons (Fsp3) is 0.375. The summed E-state index contributed by atoms with van der Waals surface area (Å²) in [5, 5.41) is 10.8. The van der Waals surface area contributed by atoms with E-state index in [2.05, 4.69) is 21.8 Å². The number of para-hydroxylation sites is 1. The van der Waals surface area contributed by atoms with Gasteiger partial charge >= 0.3 is 0 Å². The van der Waals surface area contributed by atoms with Crippen molar-refractivity contribution in [3.05, 3.63) is 30.6 Å². The van der Waals surface area contributed by atoms with Gasteiger partial charge in [-0.2, -0.15) is 5.10 Å². The van der Waals surface area contributed by atoms with Gasteiger partial charge in [0.05, 0.1) is 36.8 Å². The summed E-state index contributed by atoms with van der Waals surface area (Å²) in [6.45, 7) is 3.46. The number of fused-ring (bicyclic) bond motifs is 1. The van der Waals surface area contributed by atoms with Gasteiger partial charge in [-0.15, -0.1) is 0 Å². The van der Waals surface area contributed by atoms with Crippen LogP contribution in [0.25, 0.3) is 11.1 Å². The molecular weight excluding hydrogens is 280 g/mol. The maximum Gasteiger partial charge on any atom is 0.226 e. The quantitative estimate of drug-likeness (QED) is 0.892. The molecule has 2 N–H and O–H groups in total. The number of benzene rings is 1. The van der Waals surface area contributed by atoms with Crippen LogP contribution in [0.2, 0.25) is 0 Å². The number of carbonyl (C=O) groups excluding carboxylic acids is 1. The van der Waals surface area contributed by atoms with Crippen LogP contribution in [0.4, 0.5) is 11.4 Å². The second-order valence-corrected chi connectivity index (χ2v) is 5.93. The third kappa shape index (κ3) is 2.25. The summed E-state index contributed by atoms with van der Waals surface area (Å²) in [6.07, 6.45) is 4.38. The van der Waals surface area contributed by atoms with Crippen LogP contribution in [-0.2, 0) is 9.53 Å². The van der Waals surface area contributed by atoms with Crippen LogP contribution in [0.15, 0.2) is 30.6 Å². The van der Waals surface area contributed by atoms with Gasteiger partial charge < -0.3 is 15.4 Å². The molecular formula is C16H18N4O2. The van der Waals surface area contributed by atoms with E-state index in [0.29, 0.717) is 12.5 Å². The lowest BCUT2D eigenvalue weighted by molar-refractivity contribution is -0.116. The molecule has 2 aliphatic rings. The fourth-order valence-corrected chi connectivity index (χ4v) is 2.88. The molecule has 114 valence electrons. The summed E-state index contributed by atoms with van der Waals surface area (Å²) in [5.41, 5.74) is 3.88. The number of hydrogen-bond donors (Lipinski definition) is 2. The Morgan fingerprint density at radius 3 is 3.00 bits per heavy atom. The minimum absolute atomic E-state index is 0.0400. The zero-order chi connectivity index (χ0) is 15.1. The highest BCUT2D eigenvalue weighted by molar-refractivity contribution is 6.00. The number of ether oxygens (including phenoxy) is 1. The van der Waals surface area contributed by atoms with Gasteiger partial charge in [0.25, 0.3) is 0 Å². The first-order chi connectivity index (χ1) is 10.7. The number of carbonyl (C=O) groups is 1. The van der Waals surface area contributed by atoms with Gasteiger partial charge in [0, 0.05) is 29.8 Å². The highest BCUT2D eigenvalue weighted by Gasteiger charge is 2.23. The molecule has 3 heterocycles. The molecule has 1 aromatic heterocycles. The van der Waals surface area contributed by atoms with Crippen LogP contribution in [-0.4, -0.2) is 34.9 Å². The molecule has 1 aromatic carbocycles. The Bertz CT molecular complexity index is 721. The number of amides is 1. The fourth-order valence-electron chi connectivity index (χ4n) is 2.88. The van der Waals surface area contributed by atoms with E-state index < -0.39 is 0 Å². The number of aromatic nitrogens is 2. The van der Waals surface area contributed by atoms with E-state index in [-0.39, 0.29) is 11.9 Å². The molecule has 6 heteroatoms. The molecule has 2 aliphatic heterocycles. The summed E-state index contributed by atoms with van der Waals surface area (Å²) >= 11 is 0. The van der Waals surface area contributed by atoms with Gasteiger partial charge in [-0.3, -0.25) is 9.48 Å². The lowest BCUT2D eigenvalue weighted by Crippen LogP contribution is -2.30. The summed E-state index contributed by atoms with van der Waals surface area (Å²) in [4.78, 5) is 11.9. The molecule has 6 nitrogen and oxygen atoms in total. The molecule has 0 saturated carbocycles. The molecule has 0 radical (unpaired) electrons. The Morgan fingerprint density at radius 1 is 1.36 bits per heavy atom.